The average molecular weight is 264 g/mol. The number of hydrogen-bond acceptors (Lipinski definition) is 3. The van der Waals surface area contributed by atoms with Crippen molar-refractivity contribution in [1.29, 1.82) is 0 Å². The zero-order chi connectivity index (χ0) is 14.4. The van der Waals surface area contributed by atoms with E-state index in [2.05, 4.69) is 10.6 Å². The van der Waals surface area contributed by atoms with Gasteiger partial charge in [0.15, 0.2) is 0 Å². The summed E-state index contributed by atoms with van der Waals surface area (Å²) in [5.74, 6) is -1.46. The molecule has 1 aromatic rings. The maximum absolute atomic E-state index is 11.7. The van der Waals surface area contributed by atoms with Gasteiger partial charge in [0.25, 0.3) is 0 Å². The van der Waals surface area contributed by atoms with Crippen LogP contribution in [0.2, 0.25) is 0 Å². The fourth-order valence-corrected chi connectivity index (χ4v) is 1.53. The molecule has 5 heteroatoms. The van der Waals surface area contributed by atoms with Gasteiger partial charge in [0.05, 0.1) is 12.6 Å². The largest absolute Gasteiger partial charge is 0.394 e. The van der Waals surface area contributed by atoms with Crippen molar-refractivity contribution in [2.45, 2.75) is 33.2 Å². The van der Waals surface area contributed by atoms with Crippen molar-refractivity contribution in [1.82, 2.24) is 5.32 Å². The molecule has 0 heterocycles. The lowest BCUT2D eigenvalue weighted by atomic mass is 10.1. The average Bonchev–Trinajstić information content (AvgIpc) is 2.39. The summed E-state index contributed by atoms with van der Waals surface area (Å²) in [4.78, 5) is 23.3. The Morgan fingerprint density at radius 2 is 1.89 bits per heavy atom. The lowest BCUT2D eigenvalue weighted by molar-refractivity contribution is -0.136. The van der Waals surface area contributed by atoms with Crippen LogP contribution in [0.5, 0.6) is 0 Å². The normalized spacial score (nSPS) is 11.8. The molecule has 1 rings (SSSR count). The van der Waals surface area contributed by atoms with Gasteiger partial charge in [0.2, 0.25) is 0 Å². The van der Waals surface area contributed by atoms with E-state index < -0.39 is 17.9 Å². The molecule has 3 N–H and O–H groups in total. The summed E-state index contributed by atoms with van der Waals surface area (Å²) in [6.45, 7) is 5.55. The second-order valence-electron chi connectivity index (χ2n) is 4.51. The number of aliphatic hydroxyl groups is 1. The second-order valence-corrected chi connectivity index (χ2v) is 4.51. The Morgan fingerprint density at radius 1 is 1.21 bits per heavy atom. The summed E-state index contributed by atoms with van der Waals surface area (Å²) >= 11 is 0. The zero-order valence-electron chi connectivity index (χ0n) is 11.5. The fourth-order valence-electron chi connectivity index (χ4n) is 1.53. The number of nitrogens with one attached hydrogen (secondary N) is 2. The second kappa shape index (κ2) is 6.89. The molecule has 0 aromatic heterocycles. The Labute approximate surface area is 113 Å². The Hall–Kier alpha value is -1.88. The van der Waals surface area contributed by atoms with Gasteiger partial charge in [0.1, 0.15) is 0 Å². The molecule has 0 unspecified atom stereocenters. The molecule has 0 bridgehead atoms. The molecular formula is C14H20N2O3. The molecule has 0 aliphatic rings. The molecule has 1 aromatic carbocycles. The molecule has 19 heavy (non-hydrogen) atoms. The first-order valence-electron chi connectivity index (χ1n) is 6.27. The molecule has 0 saturated heterocycles. The number of amides is 2. The van der Waals surface area contributed by atoms with Crippen LogP contribution in [-0.4, -0.2) is 29.6 Å². The van der Waals surface area contributed by atoms with Crippen molar-refractivity contribution in [3.8, 4) is 0 Å². The monoisotopic (exact) mass is 264 g/mol. The van der Waals surface area contributed by atoms with Gasteiger partial charge in [-0.25, -0.2) is 0 Å². The van der Waals surface area contributed by atoms with E-state index in [0.717, 1.165) is 11.1 Å². The molecule has 0 saturated carbocycles. The van der Waals surface area contributed by atoms with Crippen LogP contribution in [0.15, 0.2) is 18.2 Å². The van der Waals surface area contributed by atoms with Crippen LogP contribution in [-0.2, 0) is 9.59 Å². The third-order valence-electron chi connectivity index (χ3n) is 3.02. The molecule has 104 valence electrons. The number of carbonyl (C=O) groups is 2. The van der Waals surface area contributed by atoms with Gasteiger partial charge >= 0.3 is 11.8 Å². The van der Waals surface area contributed by atoms with E-state index in [9.17, 15) is 9.59 Å². The summed E-state index contributed by atoms with van der Waals surface area (Å²) in [5, 5.41) is 14.0. The standard InChI is InChI=1S/C14H20N2O3/c1-4-11(8-17)15-13(18)14(19)16-12-6-5-9(2)10(3)7-12/h5-7,11,17H,4,8H2,1-3H3,(H,15,18)(H,16,19)/t11-/m1/s1. The highest BCUT2D eigenvalue weighted by molar-refractivity contribution is 6.39. The molecule has 0 aliphatic heterocycles. The smallest absolute Gasteiger partial charge is 0.313 e. The quantitative estimate of drug-likeness (QED) is 0.713. The van der Waals surface area contributed by atoms with Crippen molar-refractivity contribution in [2.24, 2.45) is 0 Å². The molecule has 1 atom stereocenters. The minimum Gasteiger partial charge on any atom is -0.394 e. The molecule has 5 nitrogen and oxygen atoms in total. The van der Waals surface area contributed by atoms with E-state index in [4.69, 9.17) is 5.11 Å². The lowest BCUT2D eigenvalue weighted by Crippen LogP contribution is -2.43. The SMILES string of the molecule is CC[C@H](CO)NC(=O)C(=O)Nc1ccc(C)c(C)c1. The van der Waals surface area contributed by atoms with Crippen LogP contribution < -0.4 is 10.6 Å². The lowest BCUT2D eigenvalue weighted by Gasteiger charge is -2.13. The van der Waals surface area contributed by atoms with Crippen molar-refractivity contribution >= 4 is 17.5 Å². The third kappa shape index (κ3) is 4.37. The topological polar surface area (TPSA) is 78.4 Å². The predicted molar refractivity (Wildman–Crippen MR) is 73.9 cm³/mol. The van der Waals surface area contributed by atoms with Gasteiger partial charge in [-0.2, -0.15) is 0 Å². The van der Waals surface area contributed by atoms with Crippen molar-refractivity contribution in [3.63, 3.8) is 0 Å². The Morgan fingerprint density at radius 3 is 2.42 bits per heavy atom. The highest BCUT2D eigenvalue weighted by Crippen LogP contribution is 2.13. The van der Waals surface area contributed by atoms with E-state index in [-0.39, 0.29) is 6.61 Å². The van der Waals surface area contributed by atoms with Crippen LogP contribution in [0.3, 0.4) is 0 Å². The van der Waals surface area contributed by atoms with Crippen LogP contribution in [0.1, 0.15) is 24.5 Å². The van der Waals surface area contributed by atoms with Crippen molar-refractivity contribution in [2.75, 3.05) is 11.9 Å². The molecule has 0 aliphatic carbocycles. The van der Waals surface area contributed by atoms with Crippen molar-refractivity contribution < 1.29 is 14.7 Å². The number of rotatable bonds is 4. The maximum atomic E-state index is 11.7. The molecule has 0 radical (unpaired) electrons. The summed E-state index contributed by atoms with van der Waals surface area (Å²) in [7, 11) is 0. The number of benzene rings is 1. The van der Waals surface area contributed by atoms with E-state index in [1.165, 1.54) is 0 Å². The zero-order valence-corrected chi connectivity index (χ0v) is 11.5. The first kappa shape index (κ1) is 15.2. The molecule has 0 spiro atoms. The van der Waals surface area contributed by atoms with Gasteiger partial charge < -0.3 is 15.7 Å². The van der Waals surface area contributed by atoms with E-state index in [1.54, 1.807) is 6.07 Å². The minimum atomic E-state index is -0.737. The molecule has 0 fully saturated rings. The summed E-state index contributed by atoms with van der Waals surface area (Å²) in [6.07, 6.45) is 0.569. The number of carbonyl (C=O) groups excluding carboxylic acids is 2. The van der Waals surface area contributed by atoms with Gasteiger partial charge in [-0.15, -0.1) is 0 Å². The third-order valence-corrected chi connectivity index (χ3v) is 3.02. The summed E-state index contributed by atoms with van der Waals surface area (Å²) in [5.41, 5.74) is 2.74. The maximum Gasteiger partial charge on any atom is 0.313 e. The Balaban J connectivity index is 2.63. The van der Waals surface area contributed by atoms with Crippen LogP contribution >= 0.6 is 0 Å². The van der Waals surface area contributed by atoms with Gasteiger partial charge in [-0.05, 0) is 43.5 Å². The number of hydrogen-bond donors (Lipinski definition) is 3. The van der Waals surface area contributed by atoms with Crippen LogP contribution in [0, 0.1) is 13.8 Å². The number of anilines is 1. The fraction of sp³-hybridized carbons (Fsp3) is 0.429. The van der Waals surface area contributed by atoms with Crippen molar-refractivity contribution in [3.05, 3.63) is 29.3 Å². The number of aliphatic hydroxyl groups excluding tert-OH is 1. The first-order valence-corrected chi connectivity index (χ1v) is 6.27. The summed E-state index contributed by atoms with van der Waals surface area (Å²) in [6, 6.07) is 5.05. The predicted octanol–water partition coefficient (Wildman–Crippen LogP) is 1.13. The van der Waals surface area contributed by atoms with E-state index >= 15 is 0 Å². The molecule has 2 amide bonds. The van der Waals surface area contributed by atoms with Crippen LogP contribution in [0.25, 0.3) is 0 Å². The van der Waals surface area contributed by atoms with Gasteiger partial charge in [-0.3, -0.25) is 9.59 Å². The Bertz CT molecular complexity index is 468. The van der Waals surface area contributed by atoms with Gasteiger partial charge in [0, 0.05) is 5.69 Å². The van der Waals surface area contributed by atoms with Gasteiger partial charge in [-0.1, -0.05) is 13.0 Å². The van der Waals surface area contributed by atoms with E-state index in [0.29, 0.717) is 12.1 Å². The van der Waals surface area contributed by atoms with E-state index in [1.807, 2.05) is 32.9 Å². The molecular weight excluding hydrogens is 244 g/mol. The first-order chi connectivity index (χ1) is 8.97. The minimum absolute atomic E-state index is 0.181. The highest BCUT2D eigenvalue weighted by Gasteiger charge is 2.17. The summed E-state index contributed by atoms with van der Waals surface area (Å²) < 4.78 is 0. The number of aryl methyl sites for hydroxylation is 2. The Kier molecular flexibility index (Phi) is 5.51. The van der Waals surface area contributed by atoms with Crippen LogP contribution in [0.4, 0.5) is 5.69 Å². The highest BCUT2D eigenvalue weighted by atomic mass is 16.3.